The molecule has 0 aliphatic heterocycles. The van der Waals surface area contributed by atoms with E-state index in [1.807, 2.05) is 14.1 Å². The van der Waals surface area contributed by atoms with Crippen LogP contribution in [0.25, 0.3) is 0 Å². The molecule has 76 valence electrons. The van der Waals surface area contributed by atoms with Crippen molar-refractivity contribution in [2.24, 2.45) is 16.5 Å². The molecule has 5 nitrogen and oxygen atoms in total. The number of hydrogen-bond acceptors (Lipinski definition) is 3. The summed E-state index contributed by atoms with van der Waals surface area (Å²) in [6.45, 7) is 1.02. The van der Waals surface area contributed by atoms with Crippen LogP contribution in [0.5, 0.6) is 0 Å². The number of rotatable bonds is 4. The zero-order chi connectivity index (χ0) is 10.3. The second-order valence-corrected chi connectivity index (χ2v) is 3.93. The van der Waals surface area contributed by atoms with Crippen LogP contribution in [-0.2, 0) is 0 Å². The van der Waals surface area contributed by atoms with Crippen LogP contribution in [0.1, 0.15) is 6.42 Å². The van der Waals surface area contributed by atoms with Crippen LogP contribution in [0, 0.1) is 5.41 Å². The summed E-state index contributed by atoms with van der Waals surface area (Å²) in [6.07, 6.45) is 1.03. The highest BCUT2D eigenvalue weighted by Gasteiger charge is 1.96. The summed E-state index contributed by atoms with van der Waals surface area (Å²) in [5.41, 5.74) is 10.2. The van der Waals surface area contributed by atoms with Crippen LogP contribution in [-0.4, -0.2) is 42.4 Å². The lowest BCUT2D eigenvalue weighted by molar-refractivity contribution is 0.410. The van der Waals surface area contributed by atoms with Gasteiger partial charge in [-0.2, -0.15) is 4.99 Å². The summed E-state index contributed by atoms with van der Waals surface area (Å²) in [4.78, 5) is 5.70. The number of nitrogens with one attached hydrogen (secondary N) is 1. The van der Waals surface area contributed by atoms with Crippen LogP contribution >= 0.6 is 11.8 Å². The van der Waals surface area contributed by atoms with Crippen LogP contribution < -0.4 is 11.5 Å². The average molecular weight is 203 g/mol. The number of thioether (sulfide) groups is 1. The molecule has 0 saturated carbocycles. The molecule has 0 spiro atoms. The molecule has 6 heteroatoms. The molecule has 0 aliphatic rings. The maximum Gasteiger partial charge on any atom is 0.193 e. The molecular weight excluding hydrogens is 186 g/mol. The second kappa shape index (κ2) is 6.73. The third-order valence-corrected chi connectivity index (χ3v) is 2.08. The van der Waals surface area contributed by atoms with Crippen LogP contribution in [0.2, 0.25) is 0 Å². The van der Waals surface area contributed by atoms with Crippen molar-refractivity contribution in [2.75, 3.05) is 26.4 Å². The largest absolute Gasteiger partial charge is 0.370 e. The third-order valence-electron chi connectivity index (χ3n) is 1.22. The van der Waals surface area contributed by atoms with Gasteiger partial charge in [0, 0.05) is 5.75 Å². The second-order valence-electron chi connectivity index (χ2n) is 2.85. The van der Waals surface area contributed by atoms with Gasteiger partial charge in [0.2, 0.25) is 0 Å². The van der Waals surface area contributed by atoms with E-state index in [-0.39, 0.29) is 11.1 Å². The quantitative estimate of drug-likeness (QED) is 0.337. The van der Waals surface area contributed by atoms with Crippen molar-refractivity contribution in [1.29, 1.82) is 5.41 Å². The van der Waals surface area contributed by atoms with E-state index in [1.165, 1.54) is 11.8 Å². The van der Waals surface area contributed by atoms with Gasteiger partial charge < -0.3 is 16.4 Å². The number of nitrogens with two attached hydrogens (primary N) is 2. The Morgan fingerprint density at radius 3 is 2.54 bits per heavy atom. The fourth-order valence-corrected chi connectivity index (χ4v) is 1.34. The molecule has 0 fully saturated rings. The summed E-state index contributed by atoms with van der Waals surface area (Å²) in [7, 11) is 4.04. The molecule has 13 heavy (non-hydrogen) atoms. The Morgan fingerprint density at radius 2 is 2.08 bits per heavy atom. The minimum Gasteiger partial charge on any atom is -0.370 e. The number of amidine groups is 1. The van der Waals surface area contributed by atoms with Gasteiger partial charge in [0.05, 0.1) is 0 Å². The van der Waals surface area contributed by atoms with Crippen LogP contribution in [0.15, 0.2) is 4.99 Å². The summed E-state index contributed by atoms with van der Waals surface area (Å²) >= 11 is 1.36. The van der Waals surface area contributed by atoms with E-state index >= 15 is 0 Å². The van der Waals surface area contributed by atoms with E-state index in [4.69, 9.17) is 16.9 Å². The fourth-order valence-electron chi connectivity index (χ4n) is 0.699. The molecule has 0 amide bonds. The Hall–Kier alpha value is -0.750. The van der Waals surface area contributed by atoms with E-state index < -0.39 is 0 Å². The smallest absolute Gasteiger partial charge is 0.193 e. The number of aliphatic imine (C=N–C) groups is 1. The molecule has 0 aromatic rings. The number of hydrogen-bond donors (Lipinski definition) is 3. The van der Waals surface area contributed by atoms with Crippen molar-refractivity contribution in [3.05, 3.63) is 0 Å². The molecule has 0 heterocycles. The van der Waals surface area contributed by atoms with E-state index in [0.29, 0.717) is 0 Å². The summed E-state index contributed by atoms with van der Waals surface area (Å²) in [6, 6.07) is 0. The van der Waals surface area contributed by atoms with Gasteiger partial charge in [0.15, 0.2) is 11.1 Å². The predicted molar refractivity (Wildman–Crippen MR) is 59.2 cm³/mol. The van der Waals surface area contributed by atoms with Crippen LogP contribution in [0.4, 0.5) is 0 Å². The van der Waals surface area contributed by atoms with Crippen molar-refractivity contribution in [3.8, 4) is 0 Å². The molecule has 0 unspecified atom stereocenters. The van der Waals surface area contributed by atoms with E-state index in [2.05, 4.69) is 9.89 Å². The van der Waals surface area contributed by atoms with Gasteiger partial charge >= 0.3 is 0 Å². The molecule has 0 radical (unpaired) electrons. The fraction of sp³-hybridized carbons (Fsp3) is 0.714. The summed E-state index contributed by atoms with van der Waals surface area (Å²) < 4.78 is 0. The van der Waals surface area contributed by atoms with Gasteiger partial charge in [-0.3, -0.25) is 5.41 Å². The topological polar surface area (TPSA) is 91.5 Å². The zero-order valence-corrected chi connectivity index (χ0v) is 8.90. The van der Waals surface area contributed by atoms with Gasteiger partial charge in [-0.15, -0.1) is 0 Å². The van der Waals surface area contributed by atoms with E-state index in [1.54, 1.807) is 0 Å². The van der Waals surface area contributed by atoms with E-state index in [9.17, 15) is 0 Å². The first-order valence-corrected chi connectivity index (χ1v) is 4.96. The Labute approximate surface area is 83.1 Å². The Morgan fingerprint density at radius 1 is 1.46 bits per heavy atom. The molecule has 0 atom stereocenters. The highest BCUT2D eigenvalue weighted by atomic mass is 32.2. The van der Waals surface area contributed by atoms with Crippen molar-refractivity contribution in [1.82, 2.24) is 4.90 Å². The SMILES string of the molecule is CN(C)CCCSC(=N)N=C(N)N. The zero-order valence-electron chi connectivity index (χ0n) is 8.08. The Bertz CT molecular complexity index is 185. The first-order chi connectivity index (χ1) is 6.02. The van der Waals surface area contributed by atoms with Gasteiger partial charge in [-0.1, -0.05) is 11.8 Å². The van der Waals surface area contributed by atoms with Gasteiger partial charge in [0.1, 0.15) is 0 Å². The molecule has 0 saturated heterocycles. The lowest BCUT2D eigenvalue weighted by Gasteiger charge is -2.07. The molecule has 0 aromatic carbocycles. The Kier molecular flexibility index (Phi) is 6.34. The summed E-state index contributed by atoms with van der Waals surface area (Å²) in [5.74, 6) is 0.818. The highest BCUT2D eigenvalue weighted by Crippen LogP contribution is 2.05. The minimum absolute atomic E-state index is 0.0508. The van der Waals surface area contributed by atoms with Gasteiger partial charge in [0.25, 0.3) is 0 Å². The number of nitrogens with zero attached hydrogens (tertiary/aromatic N) is 2. The normalized spacial score (nSPS) is 10.1. The lowest BCUT2D eigenvalue weighted by atomic mass is 10.5. The van der Waals surface area contributed by atoms with Crippen molar-refractivity contribution >= 4 is 22.9 Å². The Balaban J connectivity index is 3.44. The molecule has 0 rings (SSSR count). The van der Waals surface area contributed by atoms with Crippen molar-refractivity contribution in [3.63, 3.8) is 0 Å². The average Bonchev–Trinajstić information content (AvgIpc) is 1.96. The summed E-state index contributed by atoms with van der Waals surface area (Å²) in [5, 5.41) is 7.49. The van der Waals surface area contributed by atoms with Crippen molar-refractivity contribution < 1.29 is 0 Å². The van der Waals surface area contributed by atoms with Gasteiger partial charge in [-0.25, -0.2) is 0 Å². The predicted octanol–water partition coefficient (Wildman–Crippen LogP) is -0.121. The highest BCUT2D eigenvalue weighted by molar-refractivity contribution is 8.13. The maximum atomic E-state index is 7.31. The molecule has 0 aliphatic carbocycles. The lowest BCUT2D eigenvalue weighted by Crippen LogP contribution is -2.23. The van der Waals surface area contributed by atoms with Crippen molar-refractivity contribution in [2.45, 2.75) is 6.42 Å². The minimum atomic E-state index is -0.0508. The molecule has 0 bridgehead atoms. The maximum absolute atomic E-state index is 7.31. The first-order valence-electron chi connectivity index (χ1n) is 3.98. The van der Waals surface area contributed by atoms with E-state index in [0.717, 1.165) is 18.7 Å². The standard InChI is InChI=1S/C7H17N5S/c1-12(2)4-3-5-13-7(10)11-6(8)9/h3-5H2,1-2H3,(H5,8,9,10,11). The van der Waals surface area contributed by atoms with Gasteiger partial charge in [-0.05, 0) is 27.1 Å². The monoisotopic (exact) mass is 203 g/mol. The molecular formula is C7H17N5S. The number of guanidine groups is 1. The van der Waals surface area contributed by atoms with Crippen LogP contribution in [0.3, 0.4) is 0 Å². The first kappa shape index (κ1) is 12.2. The molecule has 0 aromatic heterocycles. The molecule has 5 N–H and O–H groups in total. The third kappa shape index (κ3) is 9.16.